The van der Waals surface area contributed by atoms with Crippen molar-refractivity contribution in [3.8, 4) is 11.5 Å². The molecule has 0 fully saturated rings. The van der Waals surface area contributed by atoms with Crippen molar-refractivity contribution < 1.29 is 14.3 Å². The maximum absolute atomic E-state index is 12.2. The Balaban J connectivity index is 1.95. The normalized spacial score (nSPS) is 10.8. The summed E-state index contributed by atoms with van der Waals surface area (Å²) in [6.45, 7) is 5.59. The van der Waals surface area contributed by atoms with Crippen molar-refractivity contribution in [3.05, 3.63) is 60.2 Å². The largest absolute Gasteiger partial charge is 0.457 e. The number of ether oxygens (including phenoxy) is 1. The molecule has 0 saturated carbocycles. The summed E-state index contributed by atoms with van der Waals surface area (Å²) in [6, 6.07) is 16.2. The second-order valence-electron chi connectivity index (χ2n) is 6.42. The molecule has 5 nitrogen and oxygen atoms in total. The fraction of sp³-hybridized carbons (Fsp3) is 0.263. The topological polar surface area (TPSA) is 67.4 Å². The predicted octanol–water partition coefficient (Wildman–Crippen LogP) is 3.12. The van der Waals surface area contributed by atoms with Gasteiger partial charge in [0.15, 0.2) is 0 Å². The van der Waals surface area contributed by atoms with Crippen molar-refractivity contribution in [1.82, 2.24) is 10.6 Å². The van der Waals surface area contributed by atoms with E-state index in [1.165, 1.54) is 0 Å². The SMILES string of the molecule is CC(C)(C)NC(=O)CNC(=O)c1cccc(Oc2ccccc2)c1. The standard InChI is InChI=1S/C19H22N2O3/c1-19(2,3)21-17(22)13-20-18(23)14-8-7-11-16(12-14)24-15-9-5-4-6-10-15/h4-12H,13H2,1-3H3,(H,20,23)(H,21,22). The third-order valence-electron chi connectivity index (χ3n) is 3.00. The Morgan fingerprint density at radius 3 is 2.29 bits per heavy atom. The van der Waals surface area contributed by atoms with Crippen molar-refractivity contribution in [3.63, 3.8) is 0 Å². The van der Waals surface area contributed by atoms with Gasteiger partial charge in [-0.2, -0.15) is 0 Å². The smallest absolute Gasteiger partial charge is 0.251 e. The highest BCUT2D eigenvalue weighted by Gasteiger charge is 2.15. The Morgan fingerprint density at radius 2 is 1.62 bits per heavy atom. The number of nitrogens with one attached hydrogen (secondary N) is 2. The van der Waals surface area contributed by atoms with E-state index in [0.717, 1.165) is 0 Å². The van der Waals surface area contributed by atoms with Crippen LogP contribution in [0.1, 0.15) is 31.1 Å². The van der Waals surface area contributed by atoms with Gasteiger partial charge in [-0.25, -0.2) is 0 Å². The number of hydrogen-bond acceptors (Lipinski definition) is 3. The number of benzene rings is 2. The molecule has 0 aliphatic heterocycles. The Hall–Kier alpha value is -2.82. The molecule has 2 aromatic carbocycles. The highest BCUT2D eigenvalue weighted by molar-refractivity contribution is 5.96. The fourth-order valence-electron chi connectivity index (χ4n) is 2.05. The molecule has 0 aromatic heterocycles. The summed E-state index contributed by atoms with van der Waals surface area (Å²) in [5, 5.41) is 5.40. The van der Waals surface area contributed by atoms with E-state index in [0.29, 0.717) is 17.1 Å². The highest BCUT2D eigenvalue weighted by atomic mass is 16.5. The van der Waals surface area contributed by atoms with Crippen molar-refractivity contribution in [2.75, 3.05) is 6.54 Å². The van der Waals surface area contributed by atoms with Gasteiger partial charge in [0.2, 0.25) is 5.91 Å². The van der Waals surface area contributed by atoms with Gasteiger partial charge < -0.3 is 15.4 Å². The lowest BCUT2D eigenvalue weighted by Crippen LogP contribution is -2.45. The maximum atomic E-state index is 12.2. The first-order valence-electron chi connectivity index (χ1n) is 7.76. The molecule has 0 spiro atoms. The Bertz CT molecular complexity index is 706. The van der Waals surface area contributed by atoms with Gasteiger partial charge >= 0.3 is 0 Å². The summed E-state index contributed by atoms with van der Waals surface area (Å²) in [5.74, 6) is 0.706. The third kappa shape index (κ3) is 5.76. The molecule has 0 aliphatic carbocycles. The minimum absolute atomic E-state index is 0.0696. The molecule has 0 unspecified atom stereocenters. The molecule has 0 bridgehead atoms. The summed E-state index contributed by atoms with van der Waals surface area (Å²) in [5.41, 5.74) is 0.109. The average Bonchev–Trinajstić information content (AvgIpc) is 2.52. The van der Waals surface area contributed by atoms with Crippen LogP contribution in [0, 0.1) is 0 Å². The van der Waals surface area contributed by atoms with Gasteiger partial charge in [-0.05, 0) is 51.1 Å². The van der Waals surface area contributed by atoms with Crippen LogP contribution in [0.4, 0.5) is 0 Å². The molecular formula is C19H22N2O3. The first-order chi connectivity index (χ1) is 11.3. The molecule has 2 N–H and O–H groups in total. The first kappa shape index (κ1) is 17.5. The minimum Gasteiger partial charge on any atom is -0.457 e. The van der Waals surface area contributed by atoms with Crippen LogP contribution in [-0.4, -0.2) is 23.9 Å². The van der Waals surface area contributed by atoms with Gasteiger partial charge in [0.1, 0.15) is 11.5 Å². The van der Waals surface area contributed by atoms with Crippen LogP contribution in [0.15, 0.2) is 54.6 Å². The summed E-state index contributed by atoms with van der Waals surface area (Å²) >= 11 is 0. The van der Waals surface area contributed by atoms with E-state index in [-0.39, 0.29) is 23.9 Å². The molecular weight excluding hydrogens is 304 g/mol. The Labute approximate surface area is 142 Å². The lowest BCUT2D eigenvalue weighted by Gasteiger charge is -2.20. The number of para-hydroxylation sites is 1. The number of rotatable bonds is 5. The van der Waals surface area contributed by atoms with Crippen LogP contribution in [0.5, 0.6) is 11.5 Å². The Kier molecular flexibility index (Phi) is 5.58. The lowest BCUT2D eigenvalue weighted by atomic mass is 10.1. The highest BCUT2D eigenvalue weighted by Crippen LogP contribution is 2.21. The number of carbonyl (C=O) groups is 2. The van der Waals surface area contributed by atoms with Crippen LogP contribution in [0.3, 0.4) is 0 Å². The van der Waals surface area contributed by atoms with E-state index in [1.54, 1.807) is 24.3 Å². The summed E-state index contributed by atoms with van der Waals surface area (Å²) in [4.78, 5) is 23.9. The molecule has 24 heavy (non-hydrogen) atoms. The molecule has 0 aliphatic rings. The zero-order valence-electron chi connectivity index (χ0n) is 14.1. The van der Waals surface area contributed by atoms with E-state index in [2.05, 4.69) is 10.6 Å². The van der Waals surface area contributed by atoms with Gasteiger partial charge in [-0.1, -0.05) is 24.3 Å². The zero-order valence-corrected chi connectivity index (χ0v) is 14.1. The Morgan fingerprint density at radius 1 is 0.958 bits per heavy atom. The molecule has 126 valence electrons. The van der Waals surface area contributed by atoms with Crippen molar-refractivity contribution in [1.29, 1.82) is 0 Å². The zero-order chi connectivity index (χ0) is 17.6. The molecule has 2 amide bonds. The third-order valence-corrected chi connectivity index (χ3v) is 3.00. The minimum atomic E-state index is -0.328. The van der Waals surface area contributed by atoms with E-state index in [4.69, 9.17) is 4.74 Å². The van der Waals surface area contributed by atoms with E-state index in [9.17, 15) is 9.59 Å². The summed E-state index contributed by atoms with van der Waals surface area (Å²) < 4.78 is 5.70. The maximum Gasteiger partial charge on any atom is 0.251 e. The predicted molar refractivity (Wildman–Crippen MR) is 93.2 cm³/mol. The molecule has 5 heteroatoms. The van der Waals surface area contributed by atoms with Crippen molar-refractivity contribution in [2.24, 2.45) is 0 Å². The summed E-state index contributed by atoms with van der Waals surface area (Å²) in [6.07, 6.45) is 0. The van der Waals surface area contributed by atoms with Crippen LogP contribution < -0.4 is 15.4 Å². The quantitative estimate of drug-likeness (QED) is 0.887. The van der Waals surface area contributed by atoms with Gasteiger partial charge in [0.05, 0.1) is 6.54 Å². The van der Waals surface area contributed by atoms with Gasteiger partial charge in [-0.3, -0.25) is 9.59 Å². The van der Waals surface area contributed by atoms with Gasteiger partial charge in [-0.15, -0.1) is 0 Å². The average molecular weight is 326 g/mol. The molecule has 0 saturated heterocycles. The van der Waals surface area contributed by atoms with Crippen LogP contribution in [0.2, 0.25) is 0 Å². The molecule has 0 heterocycles. The number of amides is 2. The number of carbonyl (C=O) groups excluding carboxylic acids is 2. The first-order valence-corrected chi connectivity index (χ1v) is 7.76. The second-order valence-corrected chi connectivity index (χ2v) is 6.42. The van der Waals surface area contributed by atoms with Crippen molar-refractivity contribution >= 4 is 11.8 Å². The number of hydrogen-bond donors (Lipinski definition) is 2. The van der Waals surface area contributed by atoms with E-state index < -0.39 is 0 Å². The molecule has 0 atom stereocenters. The second kappa shape index (κ2) is 7.64. The van der Waals surface area contributed by atoms with Crippen molar-refractivity contribution in [2.45, 2.75) is 26.3 Å². The lowest BCUT2D eigenvalue weighted by molar-refractivity contribution is -0.121. The summed E-state index contributed by atoms with van der Waals surface area (Å²) in [7, 11) is 0. The van der Waals surface area contributed by atoms with E-state index >= 15 is 0 Å². The molecule has 2 rings (SSSR count). The van der Waals surface area contributed by atoms with Crippen LogP contribution in [0.25, 0.3) is 0 Å². The molecule has 2 aromatic rings. The van der Waals surface area contributed by atoms with E-state index in [1.807, 2.05) is 51.1 Å². The van der Waals surface area contributed by atoms with Gasteiger partial charge in [0.25, 0.3) is 5.91 Å². The molecule has 0 radical (unpaired) electrons. The van der Waals surface area contributed by atoms with Crippen LogP contribution in [-0.2, 0) is 4.79 Å². The van der Waals surface area contributed by atoms with Gasteiger partial charge in [0, 0.05) is 11.1 Å². The fourth-order valence-corrected chi connectivity index (χ4v) is 2.05. The van der Waals surface area contributed by atoms with Crippen LogP contribution >= 0.6 is 0 Å². The monoisotopic (exact) mass is 326 g/mol.